The van der Waals surface area contributed by atoms with Crippen molar-refractivity contribution in [3.8, 4) is 0 Å². The van der Waals surface area contributed by atoms with E-state index in [0.717, 1.165) is 38.2 Å². The summed E-state index contributed by atoms with van der Waals surface area (Å²) in [5.41, 5.74) is -1.35. The zero-order valence-electron chi connectivity index (χ0n) is 22.0. The van der Waals surface area contributed by atoms with Gasteiger partial charge in [0.1, 0.15) is 11.5 Å². The minimum atomic E-state index is -4.48. The number of fused-ring (bicyclic) bond motifs is 2. The van der Waals surface area contributed by atoms with Crippen molar-refractivity contribution in [1.29, 1.82) is 0 Å². The van der Waals surface area contributed by atoms with E-state index in [2.05, 4.69) is 24.1 Å². The second-order valence-corrected chi connectivity index (χ2v) is 11.1. The molecule has 0 unspecified atom stereocenters. The molecule has 1 aliphatic carbocycles. The highest BCUT2D eigenvalue weighted by molar-refractivity contribution is 5.84. The molecule has 3 aliphatic heterocycles. The van der Waals surface area contributed by atoms with E-state index in [1.54, 1.807) is 6.07 Å². The Morgan fingerprint density at radius 3 is 2.83 bits per heavy atom. The third-order valence-corrected chi connectivity index (χ3v) is 8.87. The van der Waals surface area contributed by atoms with Crippen molar-refractivity contribution < 1.29 is 28.8 Å². The number of anilines is 1. The van der Waals surface area contributed by atoms with Gasteiger partial charge in [-0.25, -0.2) is 4.98 Å². The Kier molecular flexibility index (Phi) is 6.62. The summed E-state index contributed by atoms with van der Waals surface area (Å²) in [6.07, 6.45) is -0.599. The van der Waals surface area contributed by atoms with Gasteiger partial charge < -0.3 is 24.6 Å². The Morgan fingerprint density at radius 1 is 1.31 bits per heavy atom. The third-order valence-electron chi connectivity index (χ3n) is 8.87. The van der Waals surface area contributed by atoms with Crippen molar-refractivity contribution in [3.05, 3.63) is 23.9 Å². The number of nitrogens with zero attached hydrogens (tertiary/aromatic N) is 3. The van der Waals surface area contributed by atoms with Gasteiger partial charge in [0.15, 0.2) is 0 Å². The number of amides is 1. The van der Waals surface area contributed by atoms with Crippen molar-refractivity contribution in [2.24, 2.45) is 11.3 Å². The van der Waals surface area contributed by atoms with Gasteiger partial charge in [0.2, 0.25) is 5.91 Å². The number of nitrogens with one attached hydrogen (secondary N) is 1. The summed E-state index contributed by atoms with van der Waals surface area (Å²) in [5.74, 6) is 0.683. The predicted octanol–water partition coefficient (Wildman–Crippen LogP) is 3.48. The van der Waals surface area contributed by atoms with Gasteiger partial charge >= 0.3 is 6.18 Å². The number of hydrogen-bond donors (Lipinski definition) is 1. The van der Waals surface area contributed by atoms with Crippen molar-refractivity contribution in [1.82, 2.24) is 15.2 Å². The number of hydrogen-bond acceptors (Lipinski definition) is 6. The number of aromatic nitrogens is 1. The van der Waals surface area contributed by atoms with Crippen LogP contribution in [-0.4, -0.2) is 79.5 Å². The van der Waals surface area contributed by atoms with Crippen LogP contribution in [0.25, 0.3) is 0 Å². The Balaban J connectivity index is 1.25. The molecule has 10 heteroatoms. The van der Waals surface area contributed by atoms with E-state index in [0.29, 0.717) is 32.1 Å². The molecule has 1 amide bonds. The van der Waals surface area contributed by atoms with Crippen LogP contribution in [0, 0.1) is 11.3 Å². The Hall–Kier alpha value is -1.91. The highest BCUT2D eigenvalue weighted by Gasteiger charge is 2.54. The summed E-state index contributed by atoms with van der Waals surface area (Å²) in [7, 11) is -0.101. The quantitative estimate of drug-likeness (QED) is 0.631. The smallest absolute Gasteiger partial charge is 0.379 e. The molecule has 4 fully saturated rings. The molecule has 4 aliphatic rings. The number of methoxy groups -OCH3 is 1. The van der Waals surface area contributed by atoms with Gasteiger partial charge in [-0.1, -0.05) is 19.9 Å². The molecule has 1 aromatic heterocycles. The number of halogens is 3. The summed E-state index contributed by atoms with van der Waals surface area (Å²) in [6.45, 7) is 6.40. The first kappa shape index (κ1) is 24.4. The van der Waals surface area contributed by atoms with Crippen LogP contribution in [0.3, 0.4) is 0 Å². The number of pyridine rings is 1. The minimum absolute atomic E-state index is 0.0122. The molecule has 2 bridgehead atoms. The lowest BCUT2D eigenvalue weighted by atomic mass is 9.74. The lowest BCUT2D eigenvalue weighted by molar-refractivity contribution is -0.146. The average Bonchev–Trinajstić information content (AvgIpc) is 3.60. The van der Waals surface area contributed by atoms with Gasteiger partial charge in [-0.3, -0.25) is 4.79 Å². The van der Waals surface area contributed by atoms with Gasteiger partial charge in [0.25, 0.3) is 0 Å². The van der Waals surface area contributed by atoms with E-state index >= 15 is 0 Å². The van der Waals surface area contributed by atoms with Crippen LogP contribution >= 0.6 is 0 Å². The number of rotatable bonds is 6. The highest BCUT2D eigenvalue weighted by Crippen LogP contribution is 2.48. The summed E-state index contributed by atoms with van der Waals surface area (Å²) < 4.78 is 58.1. The van der Waals surface area contributed by atoms with Crippen LogP contribution in [0.4, 0.5) is 19.0 Å². The van der Waals surface area contributed by atoms with Gasteiger partial charge in [-0.15, -0.1) is 0 Å². The number of carbonyl (C=O) groups excluding carboxylic acids is 1. The number of carbonyl (C=O) groups is 1. The van der Waals surface area contributed by atoms with E-state index in [4.69, 9.17) is 10.8 Å². The first-order chi connectivity index (χ1) is 17.6. The average molecular weight is 512 g/mol. The van der Waals surface area contributed by atoms with Gasteiger partial charge in [-0.05, 0) is 50.2 Å². The number of piperazine rings is 1. The maximum atomic E-state index is 14.1. The Labute approximate surface area is 212 Å². The van der Waals surface area contributed by atoms with Crippen molar-refractivity contribution in [2.45, 2.75) is 82.4 Å². The predicted molar refractivity (Wildman–Crippen MR) is 129 cm³/mol. The minimum Gasteiger partial charge on any atom is -0.379 e. The second kappa shape index (κ2) is 9.76. The first-order valence-corrected chi connectivity index (χ1v) is 13.0. The van der Waals surface area contributed by atoms with E-state index in [1.165, 1.54) is 6.07 Å². The van der Waals surface area contributed by atoms with E-state index < -0.39 is 17.3 Å². The maximum Gasteiger partial charge on any atom is 0.433 e. The number of likely N-dealkylation sites (tertiary alicyclic amines) is 1. The fourth-order valence-corrected chi connectivity index (χ4v) is 6.78. The topological polar surface area (TPSA) is 66.9 Å². The molecule has 1 saturated carbocycles. The van der Waals surface area contributed by atoms with E-state index in [1.807, 2.05) is 9.80 Å². The molecule has 36 heavy (non-hydrogen) atoms. The molecule has 5 rings (SSSR count). The SMILES string of the molecule is [2H]CO[C@@H]1COCC[C@@H]1N[C@@H]1CC[C@@](C(=O)N2C[C@@H]3C[C@H]2CN3c2cccc(C(F)(F)F)n2)(C(C)C)C1. The van der Waals surface area contributed by atoms with Gasteiger partial charge in [-0.2, -0.15) is 13.2 Å². The lowest BCUT2D eigenvalue weighted by Gasteiger charge is -2.42. The maximum absolute atomic E-state index is 14.1. The number of ether oxygens (including phenoxy) is 2. The molecule has 0 radical (unpaired) electrons. The van der Waals surface area contributed by atoms with Crippen molar-refractivity contribution in [3.63, 3.8) is 0 Å². The second-order valence-electron chi connectivity index (χ2n) is 11.1. The Morgan fingerprint density at radius 2 is 2.14 bits per heavy atom. The molecule has 3 saturated heterocycles. The molecule has 4 heterocycles. The van der Waals surface area contributed by atoms with E-state index in [9.17, 15) is 18.0 Å². The summed E-state index contributed by atoms with van der Waals surface area (Å²) in [4.78, 5) is 21.9. The Bertz CT molecular complexity index is 981. The number of alkyl halides is 3. The molecule has 6 atom stereocenters. The fraction of sp³-hybridized carbons (Fsp3) is 0.769. The van der Waals surface area contributed by atoms with Crippen molar-refractivity contribution >= 4 is 11.7 Å². The van der Waals surface area contributed by atoms with Crippen LogP contribution in [0.1, 0.15) is 53.0 Å². The fourth-order valence-electron chi connectivity index (χ4n) is 6.78. The normalized spacial score (nSPS) is 35.1. The lowest BCUT2D eigenvalue weighted by Crippen LogP contribution is -2.55. The van der Waals surface area contributed by atoms with Crippen LogP contribution < -0.4 is 10.2 Å². The van der Waals surface area contributed by atoms with Crippen molar-refractivity contribution in [2.75, 3.05) is 38.3 Å². The molecule has 1 aromatic rings. The van der Waals surface area contributed by atoms with Gasteiger partial charge in [0.05, 0.1) is 31.6 Å². The molecular weight excluding hydrogens is 473 g/mol. The molecule has 0 spiro atoms. The van der Waals surface area contributed by atoms with Crippen LogP contribution in [-0.2, 0) is 20.4 Å². The largest absolute Gasteiger partial charge is 0.433 e. The first-order valence-electron chi connectivity index (χ1n) is 13.7. The zero-order valence-corrected chi connectivity index (χ0v) is 21.0. The van der Waals surface area contributed by atoms with Crippen LogP contribution in [0.15, 0.2) is 18.2 Å². The molecule has 1 N–H and O–H groups in total. The third kappa shape index (κ3) is 4.60. The summed E-state index contributed by atoms with van der Waals surface area (Å²) in [6, 6.07) is 4.29. The molecule has 7 nitrogen and oxygen atoms in total. The van der Waals surface area contributed by atoms with E-state index in [-0.39, 0.29) is 49.2 Å². The van der Waals surface area contributed by atoms with Gasteiger partial charge in [0, 0.05) is 38.9 Å². The molecule has 0 aromatic carbocycles. The zero-order chi connectivity index (χ0) is 26.4. The molecular formula is C26H37F3N4O3. The summed E-state index contributed by atoms with van der Waals surface area (Å²) in [5, 5.41) is 3.72. The monoisotopic (exact) mass is 511 g/mol. The van der Waals surface area contributed by atoms with Crippen LogP contribution in [0.2, 0.25) is 0 Å². The molecule has 200 valence electrons. The summed E-state index contributed by atoms with van der Waals surface area (Å²) >= 11 is 0. The van der Waals surface area contributed by atoms with Crippen LogP contribution in [0.5, 0.6) is 0 Å². The standard InChI is InChI=1S/C26H37F3N4O3/c1-16(2)25(9-7-17(12-25)30-20-8-10-36-15-21(20)35-3)24(34)33-14-18-11-19(33)13-32(18)23-6-4-5-22(31-23)26(27,28)29/h4-6,16-21,30H,7-15H2,1-3H3/t17-,18+,19+,20+,21-,25+/m1/s1/i3D. The highest BCUT2D eigenvalue weighted by atomic mass is 19.4.